The fourth-order valence-electron chi connectivity index (χ4n) is 2.25. The molecule has 0 spiro atoms. The van der Waals surface area contributed by atoms with Gasteiger partial charge in [0.05, 0.1) is 6.54 Å². The molecular weight excluding hydrogens is 268 g/mol. The lowest BCUT2D eigenvalue weighted by molar-refractivity contribution is -0.117. The second-order valence-electron chi connectivity index (χ2n) is 4.73. The van der Waals surface area contributed by atoms with Gasteiger partial charge in [-0.2, -0.15) is 0 Å². The molecule has 1 fully saturated rings. The zero-order chi connectivity index (χ0) is 13.0. The normalized spacial score (nSPS) is 19.8. The number of likely N-dealkylation sites (N-methyl/N-ethyl adjacent to an activating group) is 1. The number of anilines is 1. The molecule has 1 aromatic rings. The molecule has 1 aliphatic heterocycles. The number of nitrogens with zero attached hydrogens (tertiary/aromatic N) is 2. The Morgan fingerprint density at radius 1 is 1.63 bits per heavy atom. The highest BCUT2D eigenvalue weighted by molar-refractivity contribution is 5.91. The number of carbonyl (C=O) groups is 1. The molecule has 0 saturated carbocycles. The van der Waals surface area contributed by atoms with E-state index < -0.39 is 0 Å². The first-order valence-corrected chi connectivity index (χ1v) is 6.30. The Morgan fingerprint density at radius 3 is 3.05 bits per heavy atom. The van der Waals surface area contributed by atoms with Crippen LogP contribution < -0.4 is 10.6 Å². The first-order valence-electron chi connectivity index (χ1n) is 6.30. The van der Waals surface area contributed by atoms with Crippen LogP contribution in [0.15, 0.2) is 10.6 Å². The SMILES string of the molecule is CNC1CCCN(CC(=O)Nc2cc(C)on2)C1.Cl. The van der Waals surface area contributed by atoms with E-state index in [-0.39, 0.29) is 18.3 Å². The van der Waals surface area contributed by atoms with Gasteiger partial charge in [-0.3, -0.25) is 9.69 Å². The molecule has 0 aliphatic carbocycles. The van der Waals surface area contributed by atoms with Crippen molar-refractivity contribution >= 4 is 24.1 Å². The molecule has 1 atom stereocenters. The van der Waals surface area contributed by atoms with Crippen LogP contribution in [0.5, 0.6) is 0 Å². The molecule has 1 saturated heterocycles. The van der Waals surface area contributed by atoms with Crippen LogP contribution in [-0.4, -0.2) is 48.7 Å². The Bertz CT molecular complexity index is 410. The van der Waals surface area contributed by atoms with Crippen LogP contribution in [0, 0.1) is 6.92 Å². The first kappa shape index (κ1) is 15.9. The third-order valence-corrected chi connectivity index (χ3v) is 3.18. The second kappa shape index (κ2) is 7.47. The topological polar surface area (TPSA) is 70.4 Å². The molecule has 1 amide bonds. The number of aromatic nitrogens is 1. The summed E-state index contributed by atoms with van der Waals surface area (Å²) in [4.78, 5) is 14.0. The summed E-state index contributed by atoms with van der Waals surface area (Å²) in [6, 6.07) is 2.20. The molecule has 2 rings (SSSR count). The number of amides is 1. The lowest BCUT2D eigenvalue weighted by atomic mass is 10.1. The van der Waals surface area contributed by atoms with Crippen LogP contribution in [0.4, 0.5) is 5.82 Å². The van der Waals surface area contributed by atoms with E-state index in [1.165, 1.54) is 6.42 Å². The van der Waals surface area contributed by atoms with Crippen molar-refractivity contribution in [1.82, 2.24) is 15.4 Å². The van der Waals surface area contributed by atoms with E-state index in [2.05, 4.69) is 20.7 Å². The average Bonchev–Trinajstić information content (AvgIpc) is 2.74. The predicted octanol–water partition coefficient (Wildman–Crippen LogP) is 1.03. The van der Waals surface area contributed by atoms with E-state index in [0.717, 1.165) is 19.5 Å². The number of piperidine rings is 1. The number of nitrogens with one attached hydrogen (secondary N) is 2. The van der Waals surface area contributed by atoms with Gasteiger partial charge in [-0.05, 0) is 33.4 Å². The third-order valence-electron chi connectivity index (χ3n) is 3.18. The zero-order valence-electron chi connectivity index (χ0n) is 11.3. The largest absolute Gasteiger partial charge is 0.360 e. The van der Waals surface area contributed by atoms with Gasteiger partial charge in [0.2, 0.25) is 5.91 Å². The van der Waals surface area contributed by atoms with Crippen molar-refractivity contribution in [2.24, 2.45) is 0 Å². The minimum Gasteiger partial charge on any atom is -0.360 e. The molecular formula is C12H21ClN4O2. The molecule has 1 unspecified atom stereocenters. The summed E-state index contributed by atoms with van der Waals surface area (Å²) in [7, 11) is 1.96. The number of carbonyl (C=O) groups excluding carboxylic acids is 1. The van der Waals surface area contributed by atoms with Crippen LogP contribution in [0.3, 0.4) is 0 Å². The Kier molecular flexibility index (Phi) is 6.27. The van der Waals surface area contributed by atoms with Crippen molar-refractivity contribution in [2.75, 3.05) is 32.0 Å². The fourth-order valence-corrected chi connectivity index (χ4v) is 2.25. The zero-order valence-corrected chi connectivity index (χ0v) is 12.1. The van der Waals surface area contributed by atoms with Gasteiger partial charge < -0.3 is 15.2 Å². The van der Waals surface area contributed by atoms with Crippen molar-refractivity contribution < 1.29 is 9.32 Å². The highest BCUT2D eigenvalue weighted by Gasteiger charge is 2.20. The average molecular weight is 289 g/mol. The van der Waals surface area contributed by atoms with Crippen molar-refractivity contribution in [1.29, 1.82) is 0 Å². The van der Waals surface area contributed by atoms with Crippen molar-refractivity contribution in [3.8, 4) is 0 Å². The lowest BCUT2D eigenvalue weighted by Gasteiger charge is -2.31. The van der Waals surface area contributed by atoms with Crippen LogP contribution >= 0.6 is 12.4 Å². The quantitative estimate of drug-likeness (QED) is 0.866. The van der Waals surface area contributed by atoms with Crippen LogP contribution in [0.1, 0.15) is 18.6 Å². The molecule has 7 heteroatoms. The van der Waals surface area contributed by atoms with Crippen LogP contribution in [0.25, 0.3) is 0 Å². The van der Waals surface area contributed by atoms with Gasteiger partial charge in [0.1, 0.15) is 5.76 Å². The van der Waals surface area contributed by atoms with E-state index in [1.54, 1.807) is 13.0 Å². The number of hydrogen-bond acceptors (Lipinski definition) is 5. The molecule has 108 valence electrons. The van der Waals surface area contributed by atoms with Crippen molar-refractivity contribution in [2.45, 2.75) is 25.8 Å². The number of rotatable bonds is 4. The van der Waals surface area contributed by atoms with E-state index >= 15 is 0 Å². The maximum Gasteiger partial charge on any atom is 0.239 e. The van der Waals surface area contributed by atoms with Crippen LogP contribution in [0.2, 0.25) is 0 Å². The van der Waals surface area contributed by atoms with E-state index in [1.807, 2.05) is 7.05 Å². The maximum atomic E-state index is 11.8. The summed E-state index contributed by atoms with van der Waals surface area (Å²) < 4.78 is 4.90. The van der Waals surface area contributed by atoms with Crippen molar-refractivity contribution in [3.05, 3.63) is 11.8 Å². The van der Waals surface area contributed by atoms with Gasteiger partial charge in [-0.1, -0.05) is 5.16 Å². The monoisotopic (exact) mass is 288 g/mol. The van der Waals surface area contributed by atoms with Crippen molar-refractivity contribution in [3.63, 3.8) is 0 Å². The smallest absolute Gasteiger partial charge is 0.239 e. The third kappa shape index (κ3) is 4.81. The fraction of sp³-hybridized carbons (Fsp3) is 0.667. The molecule has 0 aromatic carbocycles. The predicted molar refractivity (Wildman–Crippen MR) is 75.6 cm³/mol. The summed E-state index contributed by atoms with van der Waals surface area (Å²) in [5, 5.41) is 9.74. The van der Waals surface area contributed by atoms with Gasteiger partial charge >= 0.3 is 0 Å². The molecule has 19 heavy (non-hydrogen) atoms. The van der Waals surface area contributed by atoms with Crippen LogP contribution in [-0.2, 0) is 4.79 Å². The standard InChI is InChI=1S/C12H20N4O2.ClH/c1-9-6-11(15-18-9)14-12(17)8-16-5-3-4-10(7-16)13-2;/h6,10,13H,3-5,7-8H2,1-2H3,(H,14,15,17);1H. The molecule has 6 nitrogen and oxygen atoms in total. The summed E-state index contributed by atoms with van der Waals surface area (Å²) in [5.41, 5.74) is 0. The van der Waals surface area contributed by atoms with Gasteiger partial charge in [-0.15, -0.1) is 12.4 Å². The molecule has 1 aromatic heterocycles. The number of hydrogen-bond donors (Lipinski definition) is 2. The number of likely N-dealkylation sites (tertiary alicyclic amines) is 1. The molecule has 2 heterocycles. The maximum absolute atomic E-state index is 11.8. The highest BCUT2D eigenvalue weighted by Crippen LogP contribution is 2.10. The minimum absolute atomic E-state index is 0. The summed E-state index contributed by atoms with van der Waals surface area (Å²) in [6.07, 6.45) is 2.30. The second-order valence-corrected chi connectivity index (χ2v) is 4.73. The Hall–Kier alpha value is -1.11. The Balaban J connectivity index is 0.00000180. The lowest BCUT2D eigenvalue weighted by Crippen LogP contribution is -2.46. The van der Waals surface area contributed by atoms with Gasteiger partial charge in [-0.25, -0.2) is 0 Å². The van der Waals surface area contributed by atoms with Gasteiger partial charge in [0.15, 0.2) is 5.82 Å². The number of aryl methyl sites for hydroxylation is 1. The summed E-state index contributed by atoms with van der Waals surface area (Å²) >= 11 is 0. The highest BCUT2D eigenvalue weighted by atomic mass is 35.5. The number of halogens is 1. The first-order chi connectivity index (χ1) is 8.67. The van der Waals surface area contributed by atoms with Gasteiger partial charge in [0, 0.05) is 18.7 Å². The molecule has 2 N–H and O–H groups in total. The van der Waals surface area contributed by atoms with E-state index in [0.29, 0.717) is 24.2 Å². The molecule has 0 bridgehead atoms. The van der Waals surface area contributed by atoms with Gasteiger partial charge in [0.25, 0.3) is 0 Å². The minimum atomic E-state index is -0.0416. The Labute approximate surface area is 119 Å². The summed E-state index contributed by atoms with van der Waals surface area (Å²) in [5.74, 6) is 1.14. The van der Waals surface area contributed by atoms with E-state index in [9.17, 15) is 4.79 Å². The summed E-state index contributed by atoms with van der Waals surface area (Å²) in [6.45, 7) is 4.10. The molecule has 0 radical (unpaired) electrons. The molecule has 1 aliphatic rings. The van der Waals surface area contributed by atoms with E-state index in [4.69, 9.17) is 4.52 Å². The Morgan fingerprint density at radius 2 is 2.42 bits per heavy atom.